The van der Waals surface area contributed by atoms with Gasteiger partial charge in [0.1, 0.15) is 0 Å². The van der Waals surface area contributed by atoms with Crippen LogP contribution < -0.4 is 0 Å². The number of carbonyl (C=O) groups is 1. The fourth-order valence-corrected chi connectivity index (χ4v) is 4.39. The third-order valence-corrected chi connectivity index (χ3v) is 5.98. The minimum atomic E-state index is -0.0234. The van der Waals surface area contributed by atoms with Crippen molar-refractivity contribution in [1.82, 2.24) is 4.90 Å². The van der Waals surface area contributed by atoms with E-state index in [0.29, 0.717) is 16.6 Å². The number of amidine groups is 1. The van der Waals surface area contributed by atoms with Crippen molar-refractivity contribution < 1.29 is 4.79 Å². The maximum absolute atomic E-state index is 13.2. The van der Waals surface area contributed by atoms with Gasteiger partial charge in [0.2, 0.25) is 0 Å². The molecular weight excluding hydrogens is 444 g/mol. The topological polar surface area (TPSA) is 32.7 Å². The highest BCUT2D eigenvalue weighted by Gasteiger charge is 2.33. The van der Waals surface area contributed by atoms with Gasteiger partial charge in [-0.15, -0.1) is 0 Å². The number of aliphatic imine (C=N–C) groups is 1. The number of rotatable bonds is 4. The van der Waals surface area contributed by atoms with E-state index >= 15 is 0 Å². The third-order valence-electron chi connectivity index (χ3n) is 4.48. The van der Waals surface area contributed by atoms with Crippen LogP contribution in [0.5, 0.6) is 0 Å². The molecule has 1 fully saturated rings. The molecule has 3 aromatic carbocycles. The van der Waals surface area contributed by atoms with Gasteiger partial charge < -0.3 is 0 Å². The zero-order valence-electron chi connectivity index (χ0n) is 15.9. The van der Waals surface area contributed by atoms with E-state index in [-0.39, 0.29) is 5.91 Å². The summed E-state index contributed by atoms with van der Waals surface area (Å²) < 4.78 is 0.983. The largest absolute Gasteiger partial charge is 0.282 e. The molecule has 1 heterocycles. The molecular formula is C24H19BrN2OS. The van der Waals surface area contributed by atoms with Crippen LogP contribution in [0, 0.1) is 6.92 Å². The van der Waals surface area contributed by atoms with E-state index in [9.17, 15) is 4.79 Å². The highest BCUT2D eigenvalue weighted by Crippen LogP contribution is 2.35. The Balaban J connectivity index is 1.70. The van der Waals surface area contributed by atoms with E-state index in [1.165, 1.54) is 17.3 Å². The Kier molecular flexibility index (Phi) is 5.97. The Labute approximate surface area is 183 Å². The molecule has 0 radical (unpaired) electrons. The first-order valence-corrected chi connectivity index (χ1v) is 10.9. The molecule has 1 aliphatic rings. The summed E-state index contributed by atoms with van der Waals surface area (Å²) in [7, 11) is 0. The van der Waals surface area contributed by atoms with Crippen molar-refractivity contribution in [3.8, 4) is 0 Å². The fourth-order valence-electron chi connectivity index (χ4n) is 2.97. The SMILES string of the molecule is Cc1ccc(N=C2S/C(=C/c3cccc(Br)c3)C(=O)N2Cc2ccccc2)cc1. The summed E-state index contributed by atoms with van der Waals surface area (Å²) >= 11 is 4.91. The van der Waals surface area contributed by atoms with E-state index in [4.69, 9.17) is 4.99 Å². The maximum atomic E-state index is 13.2. The first-order chi connectivity index (χ1) is 14.1. The summed E-state index contributed by atoms with van der Waals surface area (Å²) in [5, 5.41) is 0.698. The van der Waals surface area contributed by atoms with E-state index in [1.54, 1.807) is 4.90 Å². The van der Waals surface area contributed by atoms with Crippen LogP contribution in [-0.2, 0) is 11.3 Å². The number of hydrogen-bond donors (Lipinski definition) is 0. The van der Waals surface area contributed by atoms with Crippen LogP contribution >= 0.6 is 27.7 Å². The van der Waals surface area contributed by atoms with Gasteiger partial charge in [0, 0.05) is 4.47 Å². The minimum absolute atomic E-state index is 0.0234. The van der Waals surface area contributed by atoms with Crippen molar-refractivity contribution >= 4 is 50.5 Å². The van der Waals surface area contributed by atoms with E-state index < -0.39 is 0 Å². The summed E-state index contributed by atoms with van der Waals surface area (Å²) in [6.45, 7) is 2.54. The predicted octanol–water partition coefficient (Wildman–Crippen LogP) is 6.56. The van der Waals surface area contributed by atoms with Crippen molar-refractivity contribution in [3.05, 3.63) is 105 Å². The van der Waals surface area contributed by atoms with Gasteiger partial charge in [-0.3, -0.25) is 9.69 Å². The molecule has 0 N–H and O–H groups in total. The number of aryl methyl sites for hydroxylation is 1. The third kappa shape index (κ3) is 4.86. The molecule has 3 aromatic rings. The molecule has 0 saturated carbocycles. The highest BCUT2D eigenvalue weighted by molar-refractivity contribution is 9.10. The molecule has 1 saturated heterocycles. The van der Waals surface area contributed by atoms with Gasteiger partial charge in [-0.05, 0) is 60.2 Å². The lowest BCUT2D eigenvalue weighted by Crippen LogP contribution is -2.28. The molecule has 0 unspecified atom stereocenters. The van der Waals surface area contributed by atoms with Gasteiger partial charge in [0.15, 0.2) is 5.17 Å². The first-order valence-electron chi connectivity index (χ1n) is 9.25. The number of amides is 1. The van der Waals surface area contributed by atoms with E-state index in [0.717, 1.165) is 21.3 Å². The van der Waals surface area contributed by atoms with Crippen molar-refractivity contribution in [2.75, 3.05) is 0 Å². The lowest BCUT2D eigenvalue weighted by Gasteiger charge is -2.15. The molecule has 0 spiro atoms. The average molecular weight is 463 g/mol. The second kappa shape index (κ2) is 8.80. The highest BCUT2D eigenvalue weighted by atomic mass is 79.9. The Bertz CT molecular complexity index is 1090. The zero-order chi connectivity index (χ0) is 20.2. The smallest absolute Gasteiger partial charge is 0.267 e. The summed E-state index contributed by atoms with van der Waals surface area (Å²) in [6, 6.07) is 25.9. The maximum Gasteiger partial charge on any atom is 0.267 e. The number of carbonyl (C=O) groups excluding carboxylic acids is 1. The van der Waals surface area contributed by atoms with Crippen LogP contribution in [0.15, 0.2) is 93.2 Å². The number of benzene rings is 3. The molecule has 0 aromatic heterocycles. The fraction of sp³-hybridized carbons (Fsp3) is 0.0833. The summed E-state index contributed by atoms with van der Waals surface area (Å²) in [6.07, 6.45) is 1.92. The van der Waals surface area contributed by atoms with Crippen LogP contribution in [0.4, 0.5) is 5.69 Å². The lowest BCUT2D eigenvalue weighted by molar-refractivity contribution is -0.122. The summed E-state index contributed by atoms with van der Waals surface area (Å²) in [4.78, 5) is 20.4. The van der Waals surface area contributed by atoms with Crippen LogP contribution in [0.25, 0.3) is 6.08 Å². The van der Waals surface area contributed by atoms with Gasteiger partial charge in [-0.2, -0.15) is 0 Å². The van der Waals surface area contributed by atoms with Crippen molar-refractivity contribution in [2.24, 2.45) is 4.99 Å². The monoisotopic (exact) mass is 462 g/mol. The molecule has 29 heavy (non-hydrogen) atoms. The van der Waals surface area contributed by atoms with Crippen molar-refractivity contribution in [2.45, 2.75) is 13.5 Å². The molecule has 0 bridgehead atoms. The van der Waals surface area contributed by atoms with Crippen LogP contribution in [-0.4, -0.2) is 16.0 Å². The Hall–Kier alpha value is -2.63. The van der Waals surface area contributed by atoms with Gasteiger partial charge >= 0.3 is 0 Å². The van der Waals surface area contributed by atoms with Crippen LogP contribution in [0.3, 0.4) is 0 Å². The molecule has 3 nitrogen and oxygen atoms in total. The minimum Gasteiger partial charge on any atom is -0.282 e. The quantitative estimate of drug-likeness (QED) is 0.411. The number of hydrogen-bond acceptors (Lipinski definition) is 3. The summed E-state index contributed by atoms with van der Waals surface area (Å²) in [5.41, 5.74) is 4.07. The van der Waals surface area contributed by atoms with Crippen LogP contribution in [0.2, 0.25) is 0 Å². The zero-order valence-corrected chi connectivity index (χ0v) is 18.3. The van der Waals surface area contributed by atoms with Crippen molar-refractivity contribution in [3.63, 3.8) is 0 Å². The molecule has 1 amide bonds. The normalized spacial score (nSPS) is 16.8. The van der Waals surface area contributed by atoms with Crippen molar-refractivity contribution in [1.29, 1.82) is 0 Å². The average Bonchev–Trinajstić information content (AvgIpc) is 2.99. The standard InChI is InChI=1S/C24H19BrN2OS/c1-17-10-12-21(13-11-17)26-24-27(16-18-6-3-2-4-7-18)23(28)22(29-24)15-19-8-5-9-20(25)14-19/h2-15H,16H2,1H3/b22-15+,26-24?. The molecule has 5 heteroatoms. The van der Waals surface area contributed by atoms with Gasteiger partial charge in [-0.1, -0.05) is 76.1 Å². The predicted molar refractivity (Wildman–Crippen MR) is 125 cm³/mol. The number of halogens is 1. The molecule has 1 aliphatic heterocycles. The molecule has 144 valence electrons. The number of thioether (sulfide) groups is 1. The van der Waals surface area contributed by atoms with Gasteiger partial charge in [0.05, 0.1) is 17.1 Å². The Morgan fingerprint density at radius 1 is 1.00 bits per heavy atom. The second-order valence-corrected chi connectivity index (χ2v) is 8.70. The molecule has 0 atom stereocenters. The van der Waals surface area contributed by atoms with E-state index in [2.05, 4.69) is 15.9 Å². The molecule has 0 aliphatic carbocycles. The summed E-state index contributed by atoms with van der Waals surface area (Å²) in [5.74, 6) is -0.0234. The first kappa shape index (κ1) is 19.7. The Morgan fingerprint density at radius 2 is 1.76 bits per heavy atom. The molecule has 4 rings (SSSR count). The van der Waals surface area contributed by atoms with Gasteiger partial charge in [0.25, 0.3) is 5.91 Å². The van der Waals surface area contributed by atoms with E-state index in [1.807, 2.05) is 91.9 Å². The lowest BCUT2D eigenvalue weighted by atomic mass is 10.2. The second-order valence-electron chi connectivity index (χ2n) is 6.77. The Morgan fingerprint density at radius 3 is 2.48 bits per heavy atom. The van der Waals surface area contributed by atoms with Gasteiger partial charge in [-0.25, -0.2) is 4.99 Å². The van der Waals surface area contributed by atoms with Crippen LogP contribution in [0.1, 0.15) is 16.7 Å². The number of nitrogens with zero attached hydrogens (tertiary/aromatic N) is 2.